The molecule has 3 N–H and O–H groups in total. The molecule has 1 unspecified atom stereocenters. The molecule has 1 aliphatic heterocycles. The number of carbonyl (C=O) groups excluding carboxylic acids is 1. The molecule has 98 valence electrons. The molecule has 1 saturated heterocycles. The number of phenols is 2. The minimum absolute atomic E-state index is 0.0981. The smallest absolute Gasteiger partial charge is 0.258 e. The monoisotopic (exact) mass is 251 g/mol. The molecule has 0 saturated carbocycles. The molecule has 1 aliphatic rings. The van der Waals surface area contributed by atoms with Crippen molar-refractivity contribution in [2.45, 2.75) is 25.4 Å². The van der Waals surface area contributed by atoms with Gasteiger partial charge in [-0.05, 0) is 31.9 Å². The van der Waals surface area contributed by atoms with Crippen molar-refractivity contribution in [1.82, 2.24) is 5.32 Å². The Bertz CT molecular complexity index is 432. The number of aromatic hydroxyl groups is 2. The van der Waals surface area contributed by atoms with Crippen LogP contribution in [0.25, 0.3) is 0 Å². The van der Waals surface area contributed by atoms with Crippen LogP contribution < -0.4 is 5.32 Å². The van der Waals surface area contributed by atoms with Crippen molar-refractivity contribution < 1.29 is 19.7 Å². The summed E-state index contributed by atoms with van der Waals surface area (Å²) in [6.07, 6.45) is 1.87. The average molecular weight is 251 g/mol. The van der Waals surface area contributed by atoms with E-state index in [1.807, 2.05) is 6.92 Å². The highest BCUT2D eigenvalue weighted by molar-refractivity contribution is 5.99. The first-order chi connectivity index (χ1) is 8.52. The van der Waals surface area contributed by atoms with Crippen molar-refractivity contribution in [3.63, 3.8) is 0 Å². The number of nitrogens with one attached hydrogen (secondary N) is 1. The van der Waals surface area contributed by atoms with Crippen molar-refractivity contribution in [1.29, 1.82) is 0 Å². The van der Waals surface area contributed by atoms with Gasteiger partial charge in [-0.2, -0.15) is 0 Å². The van der Waals surface area contributed by atoms with Gasteiger partial charge < -0.3 is 20.3 Å². The third kappa shape index (κ3) is 2.56. The van der Waals surface area contributed by atoms with Crippen molar-refractivity contribution in [3.8, 4) is 11.5 Å². The van der Waals surface area contributed by atoms with Gasteiger partial charge in [-0.1, -0.05) is 6.07 Å². The van der Waals surface area contributed by atoms with Crippen LogP contribution in [-0.4, -0.2) is 34.9 Å². The summed E-state index contributed by atoms with van der Waals surface area (Å²) in [5.74, 6) is -0.961. The summed E-state index contributed by atoms with van der Waals surface area (Å²) in [5.41, 5.74) is -0.450. The van der Waals surface area contributed by atoms with Gasteiger partial charge in [-0.25, -0.2) is 0 Å². The lowest BCUT2D eigenvalue weighted by Crippen LogP contribution is -2.40. The summed E-state index contributed by atoms with van der Waals surface area (Å²) in [6.45, 7) is 3.00. The van der Waals surface area contributed by atoms with Crippen LogP contribution in [0.15, 0.2) is 18.2 Å². The molecule has 0 bridgehead atoms. The summed E-state index contributed by atoms with van der Waals surface area (Å²) in [6, 6.07) is 4.20. The van der Waals surface area contributed by atoms with E-state index < -0.39 is 5.91 Å². The van der Waals surface area contributed by atoms with Crippen LogP contribution in [0.4, 0.5) is 0 Å². The van der Waals surface area contributed by atoms with Crippen LogP contribution in [0, 0.1) is 0 Å². The number of benzene rings is 1. The third-order valence-corrected chi connectivity index (χ3v) is 3.17. The van der Waals surface area contributed by atoms with Gasteiger partial charge >= 0.3 is 0 Å². The molecule has 1 aromatic rings. The van der Waals surface area contributed by atoms with Gasteiger partial charge in [-0.15, -0.1) is 0 Å². The molecule has 5 nitrogen and oxygen atoms in total. The molecular weight excluding hydrogens is 234 g/mol. The Balaban J connectivity index is 2.04. The van der Waals surface area contributed by atoms with Gasteiger partial charge in [0, 0.05) is 13.2 Å². The Morgan fingerprint density at radius 2 is 2.11 bits per heavy atom. The summed E-state index contributed by atoms with van der Waals surface area (Å²) >= 11 is 0. The minimum atomic E-state index is -0.498. The number of amides is 1. The van der Waals surface area contributed by atoms with Crippen LogP contribution >= 0.6 is 0 Å². The topological polar surface area (TPSA) is 78.8 Å². The molecule has 1 fully saturated rings. The Morgan fingerprint density at radius 1 is 1.44 bits per heavy atom. The fourth-order valence-electron chi connectivity index (χ4n) is 2.09. The van der Waals surface area contributed by atoms with Gasteiger partial charge in [0.2, 0.25) is 0 Å². The van der Waals surface area contributed by atoms with E-state index in [1.54, 1.807) is 0 Å². The van der Waals surface area contributed by atoms with E-state index in [2.05, 4.69) is 5.32 Å². The second kappa shape index (κ2) is 4.86. The molecule has 1 amide bonds. The highest BCUT2D eigenvalue weighted by Crippen LogP contribution is 2.27. The number of phenolic OH excluding ortho intramolecular Hbond substituents is 2. The van der Waals surface area contributed by atoms with Gasteiger partial charge in [0.1, 0.15) is 17.1 Å². The lowest BCUT2D eigenvalue weighted by atomic mass is 10.0. The van der Waals surface area contributed by atoms with E-state index in [0.717, 1.165) is 12.8 Å². The van der Waals surface area contributed by atoms with Crippen LogP contribution in [0.2, 0.25) is 0 Å². The Labute approximate surface area is 105 Å². The van der Waals surface area contributed by atoms with Crippen molar-refractivity contribution >= 4 is 5.91 Å². The van der Waals surface area contributed by atoms with Gasteiger partial charge in [-0.3, -0.25) is 4.79 Å². The predicted molar refractivity (Wildman–Crippen MR) is 65.7 cm³/mol. The minimum Gasteiger partial charge on any atom is -0.507 e. The summed E-state index contributed by atoms with van der Waals surface area (Å²) < 4.78 is 5.55. The molecule has 0 radical (unpaired) electrons. The maximum atomic E-state index is 11.9. The number of carbonyl (C=O) groups is 1. The number of hydrogen-bond acceptors (Lipinski definition) is 4. The maximum Gasteiger partial charge on any atom is 0.258 e. The average Bonchev–Trinajstić information content (AvgIpc) is 2.74. The molecular formula is C13H17NO4. The Morgan fingerprint density at radius 3 is 2.67 bits per heavy atom. The largest absolute Gasteiger partial charge is 0.507 e. The standard InChI is InChI=1S/C13H17NO4/c1-13(6-3-7-18-13)8-14-12(17)11-9(15)4-2-5-10(11)16/h2,4-5,15-16H,3,6-8H2,1H3,(H,14,17). The number of hydrogen-bond donors (Lipinski definition) is 3. The molecule has 0 aliphatic carbocycles. The van der Waals surface area contributed by atoms with E-state index in [4.69, 9.17) is 4.74 Å². The second-order valence-electron chi connectivity index (χ2n) is 4.76. The van der Waals surface area contributed by atoms with E-state index in [9.17, 15) is 15.0 Å². The third-order valence-electron chi connectivity index (χ3n) is 3.17. The fraction of sp³-hybridized carbons (Fsp3) is 0.462. The van der Waals surface area contributed by atoms with Gasteiger partial charge in [0.05, 0.1) is 5.60 Å². The van der Waals surface area contributed by atoms with E-state index in [-0.39, 0.29) is 22.7 Å². The number of rotatable bonds is 3. The SMILES string of the molecule is CC1(CNC(=O)c2c(O)cccc2O)CCCO1. The highest BCUT2D eigenvalue weighted by Gasteiger charge is 2.30. The van der Waals surface area contributed by atoms with E-state index >= 15 is 0 Å². The number of ether oxygens (including phenoxy) is 1. The van der Waals surface area contributed by atoms with Crippen LogP contribution in [0.1, 0.15) is 30.1 Å². The van der Waals surface area contributed by atoms with Gasteiger partial charge in [0.25, 0.3) is 5.91 Å². The molecule has 2 rings (SSSR count). The fourth-order valence-corrected chi connectivity index (χ4v) is 2.09. The van der Waals surface area contributed by atoms with E-state index in [0.29, 0.717) is 13.2 Å². The summed E-state index contributed by atoms with van der Waals surface area (Å²) in [7, 11) is 0. The zero-order valence-electron chi connectivity index (χ0n) is 10.3. The molecule has 1 heterocycles. The van der Waals surface area contributed by atoms with Crippen LogP contribution in [0.5, 0.6) is 11.5 Å². The van der Waals surface area contributed by atoms with Gasteiger partial charge in [0.15, 0.2) is 0 Å². The lowest BCUT2D eigenvalue weighted by molar-refractivity contribution is 0.0205. The predicted octanol–water partition coefficient (Wildman–Crippen LogP) is 1.40. The van der Waals surface area contributed by atoms with Crippen molar-refractivity contribution in [2.75, 3.05) is 13.2 Å². The first-order valence-corrected chi connectivity index (χ1v) is 5.95. The molecule has 0 spiro atoms. The molecule has 0 aromatic heterocycles. The zero-order valence-corrected chi connectivity index (χ0v) is 10.3. The van der Waals surface area contributed by atoms with Crippen LogP contribution in [0.3, 0.4) is 0 Å². The van der Waals surface area contributed by atoms with Crippen molar-refractivity contribution in [2.24, 2.45) is 0 Å². The molecule has 5 heteroatoms. The first-order valence-electron chi connectivity index (χ1n) is 5.95. The van der Waals surface area contributed by atoms with Crippen molar-refractivity contribution in [3.05, 3.63) is 23.8 Å². The van der Waals surface area contributed by atoms with Crippen LogP contribution in [-0.2, 0) is 4.74 Å². The lowest BCUT2D eigenvalue weighted by Gasteiger charge is -2.23. The normalized spacial score (nSPS) is 22.9. The second-order valence-corrected chi connectivity index (χ2v) is 4.76. The summed E-state index contributed by atoms with van der Waals surface area (Å²) in [4.78, 5) is 11.9. The Kier molecular flexibility index (Phi) is 3.43. The first kappa shape index (κ1) is 12.7. The maximum absolute atomic E-state index is 11.9. The van der Waals surface area contributed by atoms with E-state index in [1.165, 1.54) is 18.2 Å². The zero-order chi connectivity index (χ0) is 13.2. The molecule has 1 atom stereocenters. The quantitative estimate of drug-likeness (QED) is 0.758. The highest BCUT2D eigenvalue weighted by atomic mass is 16.5. The summed E-state index contributed by atoms with van der Waals surface area (Å²) in [5, 5.41) is 21.8. The Hall–Kier alpha value is -1.75. The molecule has 1 aromatic carbocycles. The molecule has 18 heavy (non-hydrogen) atoms.